The standard InChI is InChI=1S/C15H18ClN3O2/c1-9(2)19(8-12-5-4-10(3)21-12)15(20)13-6-11(17)7-18-14(13)16/h4-7,9H,8,17H2,1-3H3. The molecule has 0 aromatic carbocycles. The summed E-state index contributed by atoms with van der Waals surface area (Å²) >= 11 is 6.01. The highest BCUT2D eigenvalue weighted by atomic mass is 35.5. The molecule has 2 aromatic heterocycles. The summed E-state index contributed by atoms with van der Waals surface area (Å²) in [7, 11) is 0. The van der Waals surface area contributed by atoms with Gasteiger partial charge in [-0.3, -0.25) is 4.79 Å². The Labute approximate surface area is 128 Å². The molecule has 0 spiro atoms. The first-order chi connectivity index (χ1) is 9.88. The summed E-state index contributed by atoms with van der Waals surface area (Å²) in [6.07, 6.45) is 1.43. The molecule has 2 aromatic rings. The van der Waals surface area contributed by atoms with E-state index in [2.05, 4.69) is 4.98 Å². The molecule has 0 unspecified atom stereocenters. The molecule has 0 radical (unpaired) electrons. The Kier molecular flexibility index (Phi) is 4.53. The number of pyridine rings is 1. The largest absolute Gasteiger partial charge is 0.464 e. The molecule has 2 heterocycles. The SMILES string of the molecule is Cc1ccc(CN(C(=O)c2cc(N)cnc2Cl)C(C)C)o1. The van der Waals surface area contributed by atoms with Gasteiger partial charge in [0.05, 0.1) is 24.0 Å². The van der Waals surface area contributed by atoms with Gasteiger partial charge in [-0.05, 0) is 39.0 Å². The lowest BCUT2D eigenvalue weighted by molar-refractivity contribution is 0.0675. The first-order valence-electron chi connectivity index (χ1n) is 6.65. The lowest BCUT2D eigenvalue weighted by atomic mass is 10.2. The van der Waals surface area contributed by atoms with E-state index < -0.39 is 0 Å². The second-order valence-electron chi connectivity index (χ2n) is 5.15. The van der Waals surface area contributed by atoms with Crippen LogP contribution in [-0.4, -0.2) is 21.8 Å². The molecule has 0 fully saturated rings. The number of rotatable bonds is 4. The number of halogens is 1. The molecule has 0 aliphatic carbocycles. The Bertz CT molecular complexity index is 652. The minimum Gasteiger partial charge on any atom is -0.464 e. The van der Waals surface area contributed by atoms with Gasteiger partial charge >= 0.3 is 0 Å². The lowest BCUT2D eigenvalue weighted by Gasteiger charge is -2.26. The number of aromatic nitrogens is 1. The molecule has 1 amide bonds. The van der Waals surface area contributed by atoms with Crippen LogP contribution in [0.15, 0.2) is 28.8 Å². The lowest BCUT2D eigenvalue weighted by Crippen LogP contribution is -2.36. The first-order valence-corrected chi connectivity index (χ1v) is 7.03. The predicted molar refractivity (Wildman–Crippen MR) is 82.1 cm³/mol. The maximum Gasteiger partial charge on any atom is 0.257 e. The van der Waals surface area contributed by atoms with Crippen molar-refractivity contribution < 1.29 is 9.21 Å². The predicted octanol–water partition coefficient (Wildman–Crippen LogP) is 3.27. The van der Waals surface area contributed by atoms with E-state index >= 15 is 0 Å². The van der Waals surface area contributed by atoms with Gasteiger partial charge in [0, 0.05) is 6.04 Å². The zero-order valence-electron chi connectivity index (χ0n) is 12.3. The molecular weight excluding hydrogens is 290 g/mol. The number of nitrogens with zero attached hydrogens (tertiary/aromatic N) is 2. The summed E-state index contributed by atoms with van der Waals surface area (Å²) in [6, 6.07) is 5.26. The normalized spacial score (nSPS) is 10.9. The van der Waals surface area contributed by atoms with Gasteiger partial charge in [-0.15, -0.1) is 0 Å². The van der Waals surface area contributed by atoms with E-state index in [1.807, 2.05) is 32.9 Å². The number of amides is 1. The van der Waals surface area contributed by atoms with Crippen LogP contribution in [0.3, 0.4) is 0 Å². The second kappa shape index (κ2) is 6.18. The average molecular weight is 308 g/mol. The van der Waals surface area contributed by atoms with Crippen molar-refractivity contribution in [2.75, 3.05) is 5.73 Å². The molecule has 0 aliphatic rings. The number of hydrogen-bond acceptors (Lipinski definition) is 4. The fourth-order valence-corrected chi connectivity index (χ4v) is 2.18. The van der Waals surface area contributed by atoms with Gasteiger partial charge in [-0.2, -0.15) is 0 Å². The van der Waals surface area contributed by atoms with E-state index in [-0.39, 0.29) is 17.1 Å². The number of nitrogen functional groups attached to an aromatic ring is 1. The summed E-state index contributed by atoms with van der Waals surface area (Å²) in [5, 5.41) is 0.149. The topological polar surface area (TPSA) is 72.4 Å². The van der Waals surface area contributed by atoms with Crippen LogP contribution in [0.25, 0.3) is 0 Å². The van der Waals surface area contributed by atoms with Crippen molar-refractivity contribution in [1.82, 2.24) is 9.88 Å². The quantitative estimate of drug-likeness (QED) is 0.880. The van der Waals surface area contributed by atoms with Gasteiger partial charge in [-0.1, -0.05) is 11.6 Å². The highest BCUT2D eigenvalue weighted by molar-refractivity contribution is 6.32. The molecule has 5 nitrogen and oxygen atoms in total. The minimum absolute atomic E-state index is 0.0135. The van der Waals surface area contributed by atoms with Crippen molar-refractivity contribution in [3.63, 3.8) is 0 Å². The summed E-state index contributed by atoms with van der Waals surface area (Å²) in [5.74, 6) is 1.32. The van der Waals surface area contributed by atoms with Crippen molar-refractivity contribution in [3.8, 4) is 0 Å². The summed E-state index contributed by atoms with van der Waals surface area (Å²) in [5.41, 5.74) is 6.39. The van der Waals surface area contributed by atoms with E-state index in [4.69, 9.17) is 21.8 Å². The number of carbonyl (C=O) groups excluding carboxylic acids is 1. The number of anilines is 1. The number of aryl methyl sites for hydroxylation is 1. The third kappa shape index (κ3) is 3.55. The van der Waals surface area contributed by atoms with E-state index in [0.29, 0.717) is 17.8 Å². The number of hydrogen-bond donors (Lipinski definition) is 1. The van der Waals surface area contributed by atoms with E-state index in [9.17, 15) is 4.79 Å². The Morgan fingerprint density at radius 2 is 2.19 bits per heavy atom. The monoisotopic (exact) mass is 307 g/mol. The van der Waals surface area contributed by atoms with E-state index in [0.717, 1.165) is 11.5 Å². The van der Waals surface area contributed by atoms with Crippen LogP contribution < -0.4 is 5.73 Å². The smallest absolute Gasteiger partial charge is 0.257 e. The van der Waals surface area contributed by atoms with Crippen molar-refractivity contribution in [1.29, 1.82) is 0 Å². The summed E-state index contributed by atoms with van der Waals surface area (Å²) in [6.45, 7) is 6.10. The zero-order valence-corrected chi connectivity index (χ0v) is 13.0. The Morgan fingerprint density at radius 3 is 2.76 bits per heavy atom. The fraction of sp³-hybridized carbons (Fsp3) is 0.333. The van der Waals surface area contributed by atoms with Crippen LogP contribution in [0, 0.1) is 6.92 Å². The Morgan fingerprint density at radius 1 is 1.48 bits per heavy atom. The molecule has 2 N–H and O–H groups in total. The summed E-state index contributed by atoms with van der Waals surface area (Å²) in [4.78, 5) is 18.3. The molecule has 0 aliphatic heterocycles. The molecule has 0 bridgehead atoms. The first kappa shape index (κ1) is 15.4. The van der Waals surface area contributed by atoms with Crippen LogP contribution in [0.4, 0.5) is 5.69 Å². The molecule has 0 saturated carbocycles. The maximum absolute atomic E-state index is 12.7. The van der Waals surface area contributed by atoms with Crippen molar-refractivity contribution in [3.05, 3.63) is 46.6 Å². The van der Waals surface area contributed by atoms with Crippen LogP contribution in [-0.2, 0) is 6.54 Å². The highest BCUT2D eigenvalue weighted by Crippen LogP contribution is 2.21. The Hall–Kier alpha value is -2.01. The van der Waals surface area contributed by atoms with Crippen LogP contribution in [0.1, 0.15) is 35.7 Å². The number of carbonyl (C=O) groups is 1. The van der Waals surface area contributed by atoms with Crippen LogP contribution in [0.5, 0.6) is 0 Å². The van der Waals surface area contributed by atoms with E-state index in [1.54, 1.807) is 11.0 Å². The second-order valence-corrected chi connectivity index (χ2v) is 5.50. The molecular formula is C15H18ClN3O2. The average Bonchev–Trinajstić information content (AvgIpc) is 2.83. The van der Waals surface area contributed by atoms with Gasteiger partial charge in [0.25, 0.3) is 5.91 Å². The molecule has 0 saturated heterocycles. The van der Waals surface area contributed by atoms with E-state index in [1.165, 1.54) is 6.20 Å². The number of nitrogens with two attached hydrogens (primary N) is 1. The van der Waals surface area contributed by atoms with Gasteiger partial charge in [-0.25, -0.2) is 4.98 Å². The molecule has 6 heteroatoms. The van der Waals surface area contributed by atoms with Crippen LogP contribution >= 0.6 is 11.6 Å². The van der Waals surface area contributed by atoms with Gasteiger partial charge < -0.3 is 15.1 Å². The third-order valence-electron chi connectivity index (χ3n) is 3.10. The fourth-order valence-electron chi connectivity index (χ4n) is 2.00. The zero-order chi connectivity index (χ0) is 15.6. The minimum atomic E-state index is -0.219. The third-order valence-corrected chi connectivity index (χ3v) is 3.40. The van der Waals surface area contributed by atoms with Gasteiger partial charge in [0.15, 0.2) is 0 Å². The molecule has 2 rings (SSSR count). The maximum atomic E-state index is 12.7. The summed E-state index contributed by atoms with van der Waals surface area (Å²) < 4.78 is 5.54. The van der Waals surface area contributed by atoms with Crippen molar-refractivity contribution >= 4 is 23.2 Å². The van der Waals surface area contributed by atoms with Crippen molar-refractivity contribution in [2.45, 2.75) is 33.4 Å². The van der Waals surface area contributed by atoms with Crippen molar-refractivity contribution in [2.24, 2.45) is 0 Å². The van der Waals surface area contributed by atoms with Crippen LogP contribution in [0.2, 0.25) is 5.15 Å². The highest BCUT2D eigenvalue weighted by Gasteiger charge is 2.23. The Balaban J connectivity index is 2.29. The molecule has 112 valence electrons. The van der Waals surface area contributed by atoms with Gasteiger partial charge in [0.1, 0.15) is 16.7 Å². The molecule has 0 atom stereocenters. The van der Waals surface area contributed by atoms with Gasteiger partial charge in [0.2, 0.25) is 0 Å². The molecule has 21 heavy (non-hydrogen) atoms. The number of furan rings is 1.